The van der Waals surface area contributed by atoms with Crippen LogP contribution in [0.3, 0.4) is 0 Å². The third-order valence-electron chi connectivity index (χ3n) is 5.01. The smallest absolute Gasteiger partial charge is 0.119 e. The summed E-state index contributed by atoms with van der Waals surface area (Å²) in [6.07, 6.45) is 6.01. The molecule has 0 amide bonds. The average molecular weight is 395 g/mol. The SMILES string of the molecule is CNCCc1c[nH]c2ccc(OC)cc12.COc1ccc2[nH]cc(CCN)c2c1. The fourth-order valence-electron chi connectivity index (χ4n) is 3.40. The van der Waals surface area contributed by atoms with E-state index >= 15 is 0 Å². The van der Waals surface area contributed by atoms with Crippen molar-refractivity contribution in [3.8, 4) is 11.5 Å². The Labute approximate surface area is 171 Å². The van der Waals surface area contributed by atoms with Crippen LogP contribution in [0.25, 0.3) is 21.8 Å². The van der Waals surface area contributed by atoms with Crippen LogP contribution in [-0.4, -0.2) is 44.3 Å². The standard InChI is InChI=1S/C12H16N2O.C11H14N2O/c1-13-6-5-9-8-14-12-4-3-10(15-2)7-11(9)12;1-14-9-2-3-11-10(6-9)8(4-5-12)7-13-11/h3-4,7-8,13-14H,5-6H2,1-2H3;2-3,6-7,13H,4-5,12H2,1H3. The second kappa shape index (κ2) is 10.0. The predicted octanol–water partition coefficient (Wildman–Crippen LogP) is 3.62. The molecular formula is C23H30N4O2. The Balaban J connectivity index is 0.000000166. The molecule has 154 valence electrons. The monoisotopic (exact) mass is 394 g/mol. The summed E-state index contributed by atoms with van der Waals surface area (Å²) in [4.78, 5) is 6.48. The molecule has 0 bridgehead atoms. The number of H-pyrrole nitrogens is 2. The molecule has 0 aliphatic carbocycles. The van der Waals surface area contributed by atoms with Gasteiger partial charge in [0, 0.05) is 34.2 Å². The highest BCUT2D eigenvalue weighted by Crippen LogP contribution is 2.24. The summed E-state index contributed by atoms with van der Waals surface area (Å²) < 4.78 is 10.4. The van der Waals surface area contributed by atoms with Crippen LogP contribution in [0.15, 0.2) is 48.8 Å². The van der Waals surface area contributed by atoms with Crippen LogP contribution in [0.1, 0.15) is 11.1 Å². The number of benzene rings is 2. The molecule has 0 saturated heterocycles. The zero-order chi connectivity index (χ0) is 20.6. The van der Waals surface area contributed by atoms with Crippen LogP contribution in [0.5, 0.6) is 11.5 Å². The minimum Gasteiger partial charge on any atom is -0.497 e. The minimum atomic E-state index is 0.671. The normalized spacial score (nSPS) is 10.8. The Morgan fingerprint density at radius 1 is 0.828 bits per heavy atom. The second-order valence-electron chi connectivity index (χ2n) is 6.84. The van der Waals surface area contributed by atoms with E-state index in [1.807, 2.05) is 37.5 Å². The zero-order valence-electron chi connectivity index (χ0n) is 17.3. The Hall–Kier alpha value is -2.96. The number of aromatic nitrogens is 2. The van der Waals surface area contributed by atoms with Gasteiger partial charge in [0.05, 0.1) is 14.2 Å². The highest BCUT2D eigenvalue weighted by Gasteiger charge is 2.05. The van der Waals surface area contributed by atoms with Gasteiger partial charge in [0.25, 0.3) is 0 Å². The molecule has 0 aliphatic heterocycles. The van der Waals surface area contributed by atoms with E-state index in [1.165, 1.54) is 27.4 Å². The van der Waals surface area contributed by atoms with E-state index in [1.54, 1.807) is 14.2 Å². The van der Waals surface area contributed by atoms with Crippen molar-refractivity contribution in [3.05, 3.63) is 59.9 Å². The molecule has 0 atom stereocenters. The summed E-state index contributed by atoms with van der Waals surface area (Å²) in [6, 6.07) is 12.1. The summed E-state index contributed by atoms with van der Waals surface area (Å²) >= 11 is 0. The van der Waals surface area contributed by atoms with Crippen LogP contribution >= 0.6 is 0 Å². The van der Waals surface area contributed by atoms with Crippen molar-refractivity contribution in [2.45, 2.75) is 12.8 Å². The number of nitrogens with two attached hydrogens (primary N) is 1. The molecule has 0 saturated carbocycles. The van der Waals surface area contributed by atoms with Crippen LogP contribution in [0.4, 0.5) is 0 Å². The molecule has 6 nitrogen and oxygen atoms in total. The lowest BCUT2D eigenvalue weighted by molar-refractivity contribution is 0.415. The van der Waals surface area contributed by atoms with Gasteiger partial charge in [0.15, 0.2) is 0 Å². The molecule has 0 radical (unpaired) electrons. The summed E-state index contributed by atoms with van der Waals surface area (Å²) in [5, 5.41) is 5.61. The Kier molecular flexibility index (Phi) is 7.16. The van der Waals surface area contributed by atoms with Gasteiger partial charge in [0.2, 0.25) is 0 Å². The number of hydrogen-bond donors (Lipinski definition) is 4. The van der Waals surface area contributed by atoms with Crippen molar-refractivity contribution in [1.82, 2.24) is 15.3 Å². The average Bonchev–Trinajstić information content (AvgIpc) is 3.36. The van der Waals surface area contributed by atoms with Gasteiger partial charge in [-0.3, -0.25) is 0 Å². The number of likely N-dealkylation sites (N-methyl/N-ethyl adjacent to an activating group) is 1. The Morgan fingerprint density at radius 3 is 1.79 bits per heavy atom. The van der Waals surface area contributed by atoms with Gasteiger partial charge in [-0.1, -0.05) is 0 Å². The highest BCUT2D eigenvalue weighted by molar-refractivity contribution is 5.85. The van der Waals surface area contributed by atoms with Gasteiger partial charge in [-0.15, -0.1) is 0 Å². The van der Waals surface area contributed by atoms with Crippen LogP contribution < -0.4 is 20.5 Å². The first-order valence-electron chi connectivity index (χ1n) is 9.82. The number of aromatic amines is 2. The quantitative estimate of drug-likeness (QED) is 0.386. The predicted molar refractivity (Wildman–Crippen MR) is 120 cm³/mol. The van der Waals surface area contributed by atoms with E-state index in [0.717, 1.165) is 36.4 Å². The number of nitrogens with one attached hydrogen (secondary N) is 3. The molecular weight excluding hydrogens is 364 g/mol. The highest BCUT2D eigenvalue weighted by atomic mass is 16.5. The molecule has 0 spiro atoms. The van der Waals surface area contributed by atoms with Gasteiger partial charge in [-0.2, -0.15) is 0 Å². The van der Waals surface area contributed by atoms with Gasteiger partial charge in [0.1, 0.15) is 11.5 Å². The van der Waals surface area contributed by atoms with Crippen molar-refractivity contribution >= 4 is 21.8 Å². The lowest BCUT2D eigenvalue weighted by Gasteiger charge is -2.01. The van der Waals surface area contributed by atoms with Crippen molar-refractivity contribution in [2.24, 2.45) is 5.73 Å². The number of hydrogen-bond acceptors (Lipinski definition) is 4. The minimum absolute atomic E-state index is 0.671. The zero-order valence-corrected chi connectivity index (χ0v) is 17.3. The lowest BCUT2D eigenvalue weighted by atomic mass is 10.1. The third-order valence-corrected chi connectivity index (χ3v) is 5.01. The maximum atomic E-state index is 5.54. The van der Waals surface area contributed by atoms with E-state index < -0.39 is 0 Å². The van der Waals surface area contributed by atoms with Gasteiger partial charge < -0.3 is 30.5 Å². The first-order chi connectivity index (χ1) is 14.2. The fourth-order valence-corrected chi connectivity index (χ4v) is 3.40. The molecule has 2 heterocycles. The molecule has 6 heteroatoms. The van der Waals surface area contributed by atoms with Crippen molar-refractivity contribution in [3.63, 3.8) is 0 Å². The number of ether oxygens (including phenoxy) is 2. The molecule has 4 aromatic rings. The van der Waals surface area contributed by atoms with Crippen molar-refractivity contribution in [2.75, 3.05) is 34.4 Å². The lowest BCUT2D eigenvalue weighted by Crippen LogP contribution is -2.09. The molecule has 2 aromatic carbocycles. The van der Waals surface area contributed by atoms with Gasteiger partial charge >= 0.3 is 0 Å². The topological polar surface area (TPSA) is 88.1 Å². The van der Waals surface area contributed by atoms with Crippen molar-refractivity contribution < 1.29 is 9.47 Å². The summed E-state index contributed by atoms with van der Waals surface area (Å²) in [5.74, 6) is 1.79. The van der Waals surface area contributed by atoms with E-state index in [4.69, 9.17) is 15.2 Å². The van der Waals surface area contributed by atoms with E-state index in [9.17, 15) is 0 Å². The molecule has 0 unspecified atom stereocenters. The summed E-state index contributed by atoms with van der Waals surface area (Å²) in [7, 11) is 5.34. The van der Waals surface area contributed by atoms with Crippen LogP contribution in [0, 0.1) is 0 Å². The number of rotatable bonds is 7. The molecule has 0 aliphatic rings. The summed E-state index contributed by atoms with van der Waals surface area (Å²) in [6.45, 7) is 1.66. The van der Waals surface area contributed by atoms with Crippen molar-refractivity contribution in [1.29, 1.82) is 0 Å². The molecule has 4 rings (SSSR count). The second-order valence-corrected chi connectivity index (χ2v) is 6.84. The Bertz CT molecular complexity index is 1050. The third kappa shape index (κ3) is 4.91. The molecule has 0 fully saturated rings. The first kappa shape index (κ1) is 20.8. The molecule has 2 aromatic heterocycles. The van der Waals surface area contributed by atoms with E-state index in [0.29, 0.717) is 6.54 Å². The van der Waals surface area contributed by atoms with Gasteiger partial charge in [-0.25, -0.2) is 0 Å². The maximum Gasteiger partial charge on any atom is 0.119 e. The number of methoxy groups -OCH3 is 2. The molecule has 29 heavy (non-hydrogen) atoms. The maximum absolute atomic E-state index is 5.54. The van der Waals surface area contributed by atoms with Crippen LogP contribution in [0.2, 0.25) is 0 Å². The van der Waals surface area contributed by atoms with Gasteiger partial charge in [-0.05, 0) is 80.5 Å². The van der Waals surface area contributed by atoms with E-state index in [-0.39, 0.29) is 0 Å². The number of fused-ring (bicyclic) bond motifs is 2. The first-order valence-corrected chi connectivity index (χ1v) is 9.82. The van der Waals surface area contributed by atoms with E-state index in [2.05, 4.69) is 33.6 Å². The van der Waals surface area contributed by atoms with Crippen LogP contribution in [-0.2, 0) is 12.8 Å². The largest absolute Gasteiger partial charge is 0.497 e. The molecule has 5 N–H and O–H groups in total. The fraction of sp³-hybridized carbons (Fsp3) is 0.304. The Morgan fingerprint density at radius 2 is 1.34 bits per heavy atom. The summed E-state index contributed by atoms with van der Waals surface area (Å²) in [5.41, 5.74) is 10.4.